The van der Waals surface area contributed by atoms with E-state index in [1.807, 2.05) is 13.8 Å². The number of halogens is 1. The number of aromatic nitrogens is 1. The monoisotopic (exact) mass is 385 g/mol. The average molecular weight is 386 g/mol. The van der Waals surface area contributed by atoms with Crippen LogP contribution in [0.1, 0.15) is 20.3 Å². The first-order valence-corrected chi connectivity index (χ1v) is 9.70. The number of rotatable bonds is 3. The fourth-order valence-electron chi connectivity index (χ4n) is 3.29. The zero-order chi connectivity index (χ0) is 17.3. The lowest BCUT2D eigenvalue weighted by Crippen LogP contribution is -2.46. The van der Waals surface area contributed by atoms with Gasteiger partial charge in [-0.05, 0) is 37.1 Å². The van der Waals surface area contributed by atoms with E-state index in [0.29, 0.717) is 23.9 Å². The maximum Gasteiger partial charge on any atom is 0.255 e. The van der Waals surface area contributed by atoms with Gasteiger partial charge in [-0.15, -0.1) is 12.4 Å². The van der Waals surface area contributed by atoms with Crippen LogP contribution in [0, 0.1) is 5.92 Å². The van der Waals surface area contributed by atoms with Crippen LogP contribution < -0.4 is 10.9 Å². The van der Waals surface area contributed by atoms with Gasteiger partial charge in [-0.2, -0.15) is 4.31 Å². The van der Waals surface area contributed by atoms with E-state index in [9.17, 15) is 13.2 Å². The number of fused-ring (bicyclic) bond motifs is 1. The van der Waals surface area contributed by atoms with Crippen molar-refractivity contribution in [3.63, 3.8) is 0 Å². The van der Waals surface area contributed by atoms with E-state index in [2.05, 4.69) is 10.3 Å². The van der Waals surface area contributed by atoms with Gasteiger partial charge in [-0.3, -0.25) is 4.79 Å². The highest BCUT2D eigenvalue weighted by Crippen LogP contribution is 2.27. The molecule has 0 bridgehead atoms. The van der Waals surface area contributed by atoms with Crippen molar-refractivity contribution in [1.29, 1.82) is 0 Å². The quantitative estimate of drug-likeness (QED) is 0.846. The molecule has 2 aromatic rings. The molecule has 1 atom stereocenters. The Morgan fingerprint density at radius 3 is 2.68 bits per heavy atom. The molecule has 1 fully saturated rings. The number of nitrogens with zero attached hydrogens (tertiary/aromatic N) is 1. The summed E-state index contributed by atoms with van der Waals surface area (Å²) >= 11 is 0. The Bertz CT molecular complexity index is 895. The maximum atomic E-state index is 13.4. The minimum atomic E-state index is -3.68. The molecule has 1 aromatic heterocycles. The lowest BCUT2D eigenvalue weighted by Gasteiger charge is -2.32. The second-order valence-corrected chi connectivity index (χ2v) is 8.37. The zero-order valence-corrected chi connectivity index (χ0v) is 16.0. The van der Waals surface area contributed by atoms with Crippen LogP contribution >= 0.6 is 12.4 Å². The minimum Gasteiger partial charge on any atom is -0.329 e. The van der Waals surface area contributed by atoms with Gasteiger partial charge in [-0.1, -0.05) is 19.9 Å². The molecule has 1 aliphatic rings. The fraction of sp³-hybridized carbons (Fsp3) is 0.471. The van der Waals surface area contributed by atoms with Gasteiger partial charge in [0, 0.05) is 36.1 Å². The number of pyridine rings is 1. The third kappa shape index (κ3) is 3.74. The normalized spacial score (nSPS) is 19.6. The van der Waals surface area contributed by atoms with E-state index < -0.39 is 10.0 Å². The Morgan fingerprint density at radius 2 is 1.96 bits per heavy atom. The first-order valence-electron chi connectivity index (χ1n) is 8.26. The number of aromatic amines is 1. The second-order valence-electron chi connectivity index (χ2n) is 6.51. The van der Waals surface area contributed by atoms with E-state index in [4.69, 9.17) is 0 Å². The SMILES string of the molecule is CC(C)[C@@H]1CNCCCN1S(=O)(=O)c1cccc2c(=O)[nH]ccc12.Cl. The summed E-state index contributed by atoms with van der Waals surface area (Å²) in [6.07, 6.45) is 2.27. The standard InChI is InChI=1S/C17H23N3O3S.ClH/c1-12(2)15-11-18-8-4-10-20(15)24(22,23)16-6-3-5-14-13(16)7-9-19-17(14)21;/h3,5-7,9,12,15,18H,4,8,10-11H2,1-2H3,(H,19,21);1H/t15-;/m0./s1. The van der Waals surface area contributed by atoms with Gasteiger partial charge in [-0.25, -0.2) is 8.42 Å². The van der Waals surface area contributed by atoms with Crippen LogP contribution in [-0.4, -0.2) is 43.4 Å². The van der Waals surface area contributed by atoms with Crippen LogP contribution in [0.4, 0.5) is 0 Å². The topological polar surface area (TPSA) is 82.3 Å². The molecule has 1 saturated heterocycles. The van der Waals surface area contributed by atoms with E-state index in [0.717, 1.165) is 13.0 Å². The number of sulfonamides is 1. The van der Waals surface area contributed by atoms with E-state index >= 15 is 0 Å². The van der Waals surface area contributed by atoms with Crippen LogP contribution in [0.5, 0.6) is 0 Å². The fourth-order valence-corrected chi connectivity index (χ4v) is 5.29. The lowest BCUT2D eigenvalue weighted by atomic mass is 10.1. The Balaban J connectivity index is 0.00000225. The largest absolute Gasteiger partial charge is 0.329 e. The molecule has 138 valence electrons. The zero-order valence-electron chi connectivity index (χ0n) is 14.4. The molecule has 0 spiro atoms. The molecule has 0 unspecified atom stereocenters. The summed E-state index contributed by atoms with van der Waals surface area (Å²) in [6.45, 7) is 6.01. The summed E-state index contributed by atoms with van der Waals surface area (Å²) in [7, 11) is -3.68. The van der Waals surface area contributed by atoms with Crippen molar-refractivity contribution in [2.24, 2.45) is 5.92 Å². The van der Waals surface area contributed by atoms with Gasteiger partial charge in [0.2, 0.25) is 10.0 Å². The smallest absolute Gasteiger partial charge is 0.255 e. The first kappa shape index (κ1) is 19.9. The number of benzene rings is 1. The highest BCUT2D eigenvalue weighted by molar-refractivity contribution is 7.89. The number of H-pyrrole nitrogens is 1. The van der Waals surface area contributed by atoms with Gasteiger partial charge in [0.25, 0.3) is 5.56 Å². The number of hydrogen-bond donors (Lipinski definition) is 2. The number of hydrogen-bond acceptors (Lipinski definition) is 4. The molecule has 0 aliphatic carbocycles. The molecule has 2 N–H and O–H groups in total. The van der Waals surface area contributed by atoms with Crippen LogP contribution in [-0.2, 0) is 10.0 Å². The van der Waals surface area contributed by atoms with Crippen molar-refractivity contribution in [2.45, 2.75) is 31.2 Å². The van der Waals surface area contributed by atoms with Crippen LogP contribution in [0.25, 0.3) is 10.8 Å². The third-order valence-corrected chi connectivity index (χ3v) is 6.57. The van der Waals surface area contributed by atoms with Gasteiger partial charge in [0.05, 0.1) is 4.90 Å². The molecule has 25 heavy (non-hydrogen) atoms. The van der Waals surface area contributed by atoms with Crippen LogP contribution in [0.2, 0.25) is 0 Å². The summed E-state index contributed by atoms with van der Waals surface area (Å²) in [5.41, 5.74) is -0.275. The Kier molecular flexibility index (Phi) is 6.26. The lowest BCUT2D eigenvalue weighted by molar-refractivity contribution is 0.271. The minimum absolute atomic E-state index is 0. The van der Waals surface area contributed by atoms with Crippen molar-refractivity contribution >= 4 is 33.2 Å². The molecule has 0 radical (unpaired) electrons. The van der Waals surface area contributed by atoms with Gasteiger partial charge in [0.15, 0.2) is 0 Å². The Labute approximate surface area is 154 Å². The predicted octanol–water partition coefficient (Wildman–Crippen LogP) is 1.96. The highest BCUT2D eigenvalue weighted by Gasteiger charge is 2.34. The molecule has 2 heterocycles. The van der Waals surface area contributed by atoms with Crippen LogP contribution in [0.15, 0.2) is 40.2 Å². The van der Waals surface area contributed by atoms with Crippen molar-refractivity contribution in [3.05, 3.63) is 40.8 Å². The summed E-state index contributed by atoms with van der Waals surface area (Å²) < 4.78 is 28.3. The molecule has 3 rings (SSSR count). The molecule has 1 aliphatic heterocycles. The van der Waals surface area contributed by atoms with Crippen molar-refractivity contribution in [3.8, 4) is 0 Å². The summed E-state index contributed by atoms with van der Waals surface area (Å²) in [5.74, 6) is 0.198. The highest BCUT2D eigenvalue weighted by atomic mass is 35.5. The summed E-state index contributed by atoms with van der Waals surface area (Å²) in [4.78, 5) is 14.8. The molecule has 0 saturated carbocycles. The van der Waals surface area contributed by atoms with Gasteiger partial charge in [0.1, 0.15) is 0 Å². The second kappa shape index (κ2) is 7.86. The summed E-state index contributed by atoms with van der Waals surface area (Å²) in [6, 6.07) is 6.42. The van der Waals surface area contributed by atoms with E-state index in [-0.39, 0.29) is 34.8 Å². The molecule has 6 nitrogen and oxygen atoms in total. The predicted molar refractivity (Wildman–Crippen MR) is 102 cm³/mol. The van der Waals surface area contributed by atoms with E-state index in [1.54, 1.807) is 28.6 Å². The Morgan fingerprint density at radius 1 is 1.20 bits per heavy atom. The van der Waals surface area contributed by atoms with Gasteiger partial charge >= 0.3 is 0 Å². The van der Waals surface area contributed by atoms with Gasteiger partial charge < -0.3 is 10.3 Å². The first-order chi connectivity index (χ1) is 11.4. The Hall–Kier alpha value is -1.41. The molecule has 0 amide bonds. The van der Waals surface area contributed by atoms with E-state index in [1.165, 1.54) is 6.20 Å². The summed E-state index contributed by atoms with van der Waals surface area (Å²) in [5, 5.41) is 4.19. The maximum absolute atomic E-state index is 13.4. The van der Waals surface area contributed by atoms with Crippen molar-refractivity contribution < 1.29 is 8.42 Å². The molecule has 8 heteroatoms. The number of nitrogens with one attached hydrogen (secondary N) is 2. The third-order valence-electron chi connectivity index (χ3n) is 4.59. The van der Waals surface area contributed by atoms with Crippen LogP contribution in [0.3, 0.4) is 0 Å². The van der Waals surface area contributed by atoms with Crippen molar-refractivity contribution in [2.75, 3.05) is 19.6 Å². The van der Waals surface area contributed by atoms with Crippen molar-refractivity contribution in [1.82, 2.24) is 14.6 Å². The average Bonchev–Trinajstić information content (AvgIpc) is 2.81. The molecular formula is C17H24ClN3O3S. The molecule has 1 aromatic carbocycles. The molecular weight excluding hydrogens is 362 g/mol.